The lowest BCUT2D eigenvalue weighted by Gasteiger charge is -2.59. The number of rotatable bonds is 2. The Kier molecular flexibility index (Phi) is 5.02. The number of nitrogens with one attached hydrogen (secondary N) is 1. The van der Waals surface area contributed by atoms with Crippen LogP contribution in [0.3, 0.4) is 0 Å². The van der Waals surface area contributed by atoms with Crippen molar-refractivity contribution in [1.82, 2.24) is 10.2 Å². The fourth-order valence-electron chi connectivity index (χ4n) is 7.58. The second kappa shape index (κ2) is 7.50. The van der Waals surface area contributed by atoms with Crippen LogP contribution in [0.1, 0.15) is 77.3 Å². The molecule has 1 saturated heterocycles. The van der Waals surface area contributed by atoms with Crippen molar-refractivity contribution in [2.75, 3.05) is 6.54 Å². The molecule has 2 saturated carbocycles. The Morgan fingerprint density at radius 1 is 1.10 bits per heavy atom. The molecule has 1 heterocycles. The van der Waals surface area contributed by atoms with Crippen molar-refractivity contribution in [3.05, 3.63) is 47.7 Å². The Labute approximate surface area is 186 Å². The number of likely N-dealkylation sites (tertiary alicyclic amines) is 1. The molecule has 1 N–H and O–H groups in total. The first-order chi connectivity index (χ1) is 14.8. The van der Waals surface area contributed by atoms with Crippen LogP contribution in [0.5, 0.6) is 0 Å². The van der Waals surface area contributed by atoms with Crippen molar-refractivity contribution in [3.8, 4) is 0 Å². The lowest BCUT2D eigenvalue weighted by Crippen LogP contribution is -2.59. The van der Waals surface area contributed by atoms with E-state index in [9.17, 15) is 9.59 Å². The molecule has 31 heavy (non-hydrogen) atoms. The molecule has 4 nitrogen and oxygen atoms in total. The molecule has 1 aromatic carbocycles. The predicted octanol–water partition coefficient (Wildman–Crippen LogP) is 5.86. The van der Waals surface area contributed by atoms with E-state index in [0.29, 0.717) is 29.6 Å². The molecule has 3 aliphatic carbocycles. The number of urea groups is 1. The van der Waals surface area contributed by atoms with Crippen molar-refractivity contribution in [1.29, 1.82) is 0 Å². The lowest BCUT2D eigenvalue weighted by molar-refractivity contribution is -0.118. The highest BCUT2D eigenvalue weighted by molar-refractivity contribution is 5.92. The summed E-state index contributed by atoms with van der Waals surface area (Å²) in [6.45, 7) is 7.61. The highest BCUT2D eigenvalue weighted by Gasteiger charge is 2.58. The van der Waals surface area contributed by atoms with Gasteiger partial charge in [0, 0.05) is 30.2 Å². The van der Waals surface area contributed by atoms with Gasteiger partial charge in [0.05, 0.1) is 6.04 Å². The zero-order valence-corrected chi connectivity index (χ0v) is 19.2. The Balaban J connectivity index is 1.47. The highest BCUT2D eigenvalue weighted by atomic mass is 16.2. The maximum Gasteiger partial charge on any atom is 0.322 e. The van der Waals surface area contributed by atoms with E-state index in [1.54, 1.807) is 6.08 Å². The van der Waals surface area contributed by atoms with E-state index in [0.717, 1.165) is 24.2 Å². The number of amides is 2. The number of nitrogens with zero attached hydrogens (tertiary/aromatic N) is 1. The van der Waals surface area contributed by atoms with Crippen LogP contribution in [0.4, 0.5) is 4.79 Å². The summed E-state index contributed by atoms with van der Waals surface area (Å²) in [4.78, 5) is 28.0. The van der Waals surface area contributed by atoms with Crippen molar-refractivity contribution in [2.45, 2.75) is 71.8 Å². The normalized spacial score (nSPS) is 37.9. The smallest absolute Gasteiger partial charge is 0.322 e. The molecule has 0 radical (unpaired) electrons. The Bertz CT molecular complexity index is 909. The zero-order chi connectivity index (χ0) is 21.8. The minimum absolute atomic E-state index is 0.0488. The molecule has 0 aromatic heterocycles. The van der Waals surface area contributed by atoms with Crippen LogP contribution in [-0.4, -0.2) is 23.3 Å². The average Bonchev–Trinajstić information content (AvgIpc) is 3.16. The van der Waals surface area contributed by atoms with E-state index < -0.39 is 0 Å². The van der Waals surface area contributed by atoms with Gasteiger partial charge in [-0.2, -0.15) is 0 Å². The van der Waals surface area contributed by atoms with Crippen molar-refractivity contribution >= 4 is 11.8 Å². The SMILES string of the molecule is CC(NC(=O)N1C[C@H]2[C@@H]3CCC[C@@]3(C)CC[C@@H]2[C@@]2(C)CCC(=O)C=C12)c1ccccc1. The summed E-state index contributed by atoms with van der Waals surface area (Å²) in [5.74, 6) is 1.98. The molecule has 0 spiro atoms. The summed E-state index contributed by atoms with van der Waals surface area (Å²) in [5, 5.41) is 3.23. The Morgan fingerprint density at radius 3 is 2.65 bits per heavy atom. The molecule has 4 heteroatoms. The molecule has 6 atom stereocenters. The minimum atomic E-state index is -0.0753. The second-order valence-corrected chi connectivity index (χ2v) is 11.1. The quantitative estimate of drug-likeness (QED) is 0.651. The third-order valence-electron chi connectivity index (χ3n) is 9.38. The molecular formula is C27H36N2O2. The summed E-state index contributed by atoms with van der Waals surface area (Å²) in [7, 11) is 0. The third-order valence-corrected chi connectivity index (χ3v) is 9.38. The molecule has 5 rings (SSSR count). The number of hydrogen-bond acceptors (Lipinski definition) is 2. The number of benzene rings is 1. The maximum atomic E-state index is 13.6. The van der Waals surface area contributed by atoms with Crippen LogP contribution in [0, 0.1) is 28.6 Å². The van der Waals surface area contributed by atoms with Gasteiger partial charge in [-0.25, -0.2) is 4.79 Å². The van der Waals surface area contributed by atoms with Gasteiger partial charge in [0.15, 0.2) is 5.78 Å². The fourth-order valence-corrected chi connectivity index (χ4v) is 7.58. The van der Waals surface area contributed by atoms with E-state index in [2.05, 4.69) is 31.3 Å². The van der Waals surface area contributed by atoms with E-state index >= 15 is 0 Å². The first-order valence-corrected chi connectivity index (χ1v) is 12.2. The van der Waals surface area contributed by atoms with Gasteiger partial charge in [-0.3, -0.25) is 9.69 Å². The molecule has 4 aliphatic rings. The molecule has 1 aromatic rings. The van der Waals surface area contributed by atoms with E-state index in [1.807, 2.05) is 30.0 Å². The summed E-state index contributed by atoms with van der Waals surface area (Å²) in [6, 6.07) is 9.99. The number of ketones is 1. The number of fused-ring (bicyclic) bond motifs is 5. The molecular weight excluding hydrogens is 384 g/mol. The van der Waals surface area contributed by atoms with Gasteiger partial charge in [-0.05, 0) is 67.8 Å². The summed E-state index contributed by atoms with van der Waals surface area (Å²) in [5.41, 5.74) is 2.43. The van der Waals surface area contributed by atoms with Gasteiger partial charge < -0.3 is 5.32 Å². The number of carbonyl (C=O) groups excluding carboxylic acids is 2. The maximum absolute atomic E-state index is 13.6. The topological polar surface area (TPSA) is 49.4 Å². The average molecular weight is 421 g/mol. The van der Waals surface area contributed by atoms with Gasteiger partial charge in [0.25, 0.3) is 0 Å². The van der Waals surface area contributed by atoms with Gasteiger partial charge in [-0.1, -0.05) is 50.6 Å². The van der Waals surface area contributed by atoms with Crippen LogP contribution in [0.2, 0.25) is 0 Å². The Morgan fingerprint density at radius 2 is 1.87 bits per heavy atom. The number of hydrogen-bond donors (Lipinski definition) is 1. The van der Waals surface area contributed by atoms with Gasteiger partial charge in [0.2, 0.25) is 0 Å². The highest BCUT2D eigenvalue weighted by Crippen LogP contribution is 2.63. The fraction of sp³-hybridized carbons (Fsp3) is 0.630. The van der Waals surface area contributed by atoms with Gasteiger partial charge in [-0.15, -0.1) is 0 Å². The van der Waals surface area contributed by atoms with Crippen LogP contribution >= 0.6 is 0 Å². The number of allylic oxidation sites excluding steroid dienone is 2. The largest absolute Gasteiger partial charge is 0.331 e. The molecule has 2 amide bonds. The van der Waals surface area contributed by atoms with E-state index in [-0.39, 0.29) is 23.3 Å². The van der Waals surface area contributed by atoms with Crippen molar-refractivity contribution < 1.29 is 9.59 Å². The lowest BCUT2D eigenvalue weighted by atomic mass is 9.50. The summed E-state index contributed by atoms with van der Waals surface area (Å²) in [6.07, 6.45) is 9.76. The third kappa shape index (κ3) is 3.34. The molecule has 1 unspecified atom stereocenters. The first-order valence-electron chi connectivity index (χ1n) is 12.2. The number of piperidine rings is 1. The first kappa shape index (κ1) is 20.8. The van der Waals surface area contributed by atoms with Crippen molar-refractivity contribution in [2.24, 2.45) is 28.6 Å². The Hall–Kier alpha value is -2.10. The van der Waals surface area contributed by atoms with Crippen LogP contribution in [0.25, 0.3) is 0 Å². The molecule has 1 aliphatic heterocycles. The van der Waals surface area contributed by atoms with E-state index in [4.69, 9.17) is 0 Å². The molecule has 0 bridgehead atoms. The monoisotopic (exact) mass is 420 g/mol. The standard InChI is InChI=1S/C27H36N2O2/c1-18(19-8-5-4-6-9-19)28-25(31)29-17-21-22-10-7-13-26(22,2)14-12-23(21)27(3)15-11-20(30)16-24(27)29/h4-6,8-9,16,18,21-23H,7,10-15,17H2,1-3H3,(H,28,31)/t18?,21-,22-,23-,26-,27+/m0/s1. The van der Waals surface area contributed by atoms with Gasteiger partial charge in [0.1, 0.15) is 0 Å². The van der Waals surface area contributed by atoms with E-state index in [1.165, 1.54) is 32.1 Å². The van der Waals surface area contributed by atoms with Crippen molar-refractivity contribution in [3.63, 3.8) is 0 Å². The van der Waals surface area contributed by atoms with Crippen LogP contribution in [0.15, 0.2) is 42.1 Å². The predicted molar refractivity (Wildman–Crippen MR) is 122 cm³/mol. The molecule has 166 valence electrons. The summed E-state index contributed by atoms with van der Waals surface area (Å²) < 4.78 is 0. The van der Waals surface area contributed by atoms with Crippen LogP contribution in [-0.2, 0) is 4.79 Å². The summed E-state index contributed by atoms with van der Waals surface area (Å²) >= 11 is 0. The zero-order valence-electron chi connectivity index (χ0n) is 19.2. The second-order valence-electron chi connectivity index (χ2n) is 11.1. The number of carbonyl (C=O) groups is 2. The van der Waals surface area contributed by atoms with Crippen LogP contribution < -0.4 is 5.32 Å². The van der Waals surface area contributed by atoms with Gasteiger partial charge >= 0.3 is 6.03 Å². The minimum Gasteiger partial charge on any atom is -0.331 e. The molecule has 3 fully saturated rings.